The zero-order chi connectivity index (χ0) is 26.7. The van der Waals surface area contributed by atoms with E-state index in [4.69, 9.17) is 12.6 Å². The summed E-state index contributed by atoms with van der Waals surface area (Å²) < 4.78 is 6.19. The van der Waals surface area contributed by atoms with E-state index in [2.05, 4.69) is 51.6 Å². The summed E-state index contributed by atoms with van der Waals surface area (Å²) in [5, 5.41) is 13.5. The number of unbranched alkanes of at least 4 members (excludes halogenated alkanes) is 5. The number of hydrogen-bond acceptors (Lipinski definition) is 2. The molecule has 0 amide bonds. The van der Waals surface area contributed by atoms with Crippen molar-refractivity contribution in [3.63, 3.8) is 0 Å². The largest absolute Gasteiger partial charge is 0.456 e. The van der Waals surface area contributed by atoms with Crippen molar-refractivity contribution in [3.05, 3.63) is 84.5 Å². The van der Waals surface area contributed by atoms with Crippen LogP contribution in [0.2, 0.25) is 0 Å². The summed E-state index contributed by atoms with van der Waals surface area (Å²) in [6.07, 6.45) is 15.3. The molecule has 1 aliphatic rings. The van der Waals surface area contributed by atoms with Gasteiger partial charge >= 0.3 is 0 Å². The Morgan fingerprint density at radius 3 is 2.30 bits per heavy atom. The molecular weight excluding hydrogens is 451 g/mol. The fourth-order valence-corrected chi connectivity index (χ4v) is 4.79. The first-order chi connectivity index (χ1) is 17.9. The van der Waals surface area contributed by atoms with E-state index >= 15 is 0 Å². The fourth-order valence-electron chi connectivity index (χ4n) is 4.79. The highest BCUT2D eigenvalue weighted by Gasteiger charge is 2.25. The van der Waals surface area contributed by atoms with Crippen LogP contribution in [-0.2, 0) is 5.50 Å². The number of fused-ring (bicyclic) bond motifs is 2. The number of benzene rings is 3. The third kappa shape index (κ3) is 7.61. The maximum absolute atomic E-state index is 11.3. The molecule has 0 aliphatic carbocycles. The molecule has 1 atom stereocenters. The summed E-state index contributed by atoms with van der Waals surface area (Å²) in [6.45, 7) is 10.3. The Hall–Kier alpha value is -2.78. The maximum atomic E-state index is 11.3. The van der Waals surface area contributed by atoms with E-state index in [0.717, 1.165) is 65.5 Å². The summed E-state index contributed by atoms with van der Waals surface area (Å²) in [7, 11) is 6.49. The van der Waals surface area contributed by atoms with E-state index in [1.807, 2.05) is 42.5 Å². The van der Waals surface area contributed by atoms with Crippen LogP contribution >= 0.6 is 0 Å². The average molecular weight is 495 g/mol. The van der Waals surface area contributed by atoms with Crippen LogP contribution in [0.5, 0.6) is 11.5 Å². The zero-order valence-electron chi connectivity index (χ0n) is 23.1. The molecular formula is C34H43BO2. The van der Waals surface area contributed by atoms with Crippen LogP contribution in [0.1, 0.15) is 90.5 Å². The van der Waals surface area contributed by atoms with Crippen molar-refractivity contribution in [1.82, 2.24) is 0 Å². The number of allylic oxidation sites excluding steroid dienone is 2. The van der Waals surface area contributed by atoms with Crippen molar-refractivity contribution in [2.24, 2.45) is 0 Å². The van der Waals surface area contributed by atoms with Crippen LogP contribution in [0.4, 0.5) is 0 Å². The lowest BCUT2D eigenvalue weighted by Crippen LogP contribution is -2.24. The Kier molecular flexibility index (Phi) is 11.1. The van der Waals surface area contributed by atoms with E-state index in [1.54, 1.807) is 0 Å². The third-order valence-corrected chi connectivity index (χ3v) is 6.97. The van der Waals surface area contributed by atoms with Crippen molar-refractivity contribution in [3.8, 4) is 22.6 Å². The second kappa shape index (κ2) is 14.2. The fraction of sp³-hybridized carbons (Fsp3) is 0.412. The second-order valence-corrected chi connectivity index (χ2v) is 10.1. The van der Waals surface area contributed by atoms with Gasteiger partial charge in [-0.25, -0.2) is 0 Å². The SMILES string of the molecule is CCCC.[B]C(O)(/C=C(/CCC)CCCCCCC=C)c1ccc2c(c1)-c1cccc3cccc(c13)O2. The van der Waals surface area contributed by atoms with Gasteiger partial charge in [0.2, 0.25) is 0 Å². The standard InChI is InChI=1S/C30H33BO2.C4H10/c1-3-5-6-7-8-9-13-22(12-4-2)21-30(31,32)24-18-19-27-26(20-24)25-16-10-14-23-15-11-17-28(33-27)29(23)25;1-3-4-2/h3,10-11,14-21,32H,1,4-9,12-13H2,2H3;3-4H2,1-2H3/b22-21-;. The van der Waals surface area contributed by atoms with Gasteiger partial charge in [0.15, 0.2) is 0 Å². The van der Waals surface area contributed by atoms with Crippen LogP contribution in [0.15, 0.2) is 78.9 Å². The third-order valence-electron chi connectivity index (χ3n) is 6.97. The monoisotopic (exact) mass is 494 g/mol. The van der Waals surface area contributed by atoms with Crippen molar-refractivity contribution >= 4 is 18.6 Å². The predicted molar refractivity (Wildman–Crippen MR) is 161 cm³/mol. The molecule has 3 aromatic carbocycles. The van der Waals surface area contributed by atoms with Crippen molar-refractivity contribution in [2.75, 3.05) is 0 Å². The summed E-state index contributed by atoms with van der Waals surface area (Å²) in [5.74, 6) is 1.66. The molecule has 1 heterocycles. The van der Waals surface area contributed by atoms with Gasteiger partial charge in [-0.3, -0.25) is 0 Å². The number of rotatable bonds is 12. The molecule has 3 aromatic rings. The minimum atomic E-state index is -1.52. The number of hydrogen-bond donors (Lipinski definition) is 1. The molecule has 1 aliphatic heterocycles. The smallest absolute Gasteiger partial charge is 0.135 e. The van der Waals surface area contributed by atoms with Crippen LogP contribution < -0.4 is 4.74 Å². The van der Waals surface area contributed by atoms with Gasteiger partial charge in [0.05, 0.1) is 5.50 Å². The van der Waals surface area contributed by atoms with Crippen LogP contribution in [0.25, 0.3) is 21.9 Å². The van der Waals surface area contributed by atoms with E-state index in [0.29, 0.717) is 5.56 Å². The van der Waals surface area contributed by atoms with Crippen molar-refractivity contribution < 1.29 is 9.84 Å². The van der Waals surface area contributed by atoms with Gasteiger partial charge in [0.25, 0.3) is 0 Å². The molecule has 2 radical (unpaired) electrons. The molecule has 0 aromatic heterocycles. The number of ether oxygens (including phenoxy) is 1. The maximum Gasteiger partial charge on any atom is 0.135 e. The first-order valence-electron chi connectivity index (χ1n) is 14.1. The minimum Gasteiger partial charge on any atom is -0.456 e. The Morgan fingerprint density at radius 2 is 1.59 bits per heavy atom. The molecule has 0 saturated carbocycles. The predicted octanol–water partition coefficient (Wildman–Crippen LogP) is 9.99. The van der Waals surface area contributed by atoms with Gasteiger partial charge in [-0.2, -0.15) is 0 Å². The summed E-state index contributed by atoms with van der Waals surface area (Å²) in [4.78, 5) is 0. The lowest BCUT2D eigenvalue weighted by molar-refractivity contribution is 0.179. The van der Waals surface area contributed by atoms with Crippen molar-refractivity contribution in [1.29, 1.82) is 0 Å². The molecule has 194 valence electrons. The Morgan fingerprint density at radius 1 is 0.865 bits per heavy atom. The van der Waals surface area contributed by atoms with E-state index in [9.17, 15) is 5.11 Å². The van der Waals surface area contributed by atoms with Crippen LogP contribution in [-0.4, -0.2) is 13.0 Å². The van der Waals surface area contributed by atoms with E-state index < -0.39 is 5.50 Å². The van der Waals surface area contributed by atoms with E-state index in [1.165, 1.54) is 37.7 Å². The van der Waals surface area contributed by atoms with Crippen LogP contribution in [0.3, 0.4) is 0 Å². The lowest BCUT2D eigenvalue weighted by Gasteiger charge is -2.26. The Bertz CT molecular complexity index is 1180. The molecule has 37 heavy (non-hydrogen) atoms. The normalized spacial score (nSPS) is 13.7. The van der Waals surface area contributed by atoms with Crippen LogP contribution in [0, 0.1) is 0 Å². The molecule has 0 saturated heterocycles. The second-order valence-electron chi connectivity index (χ2n) is 10.1. The average Bonchev–Trinajstić information content (AvgIpc) is 2.91. The molecule has 1 unspecified atom stereocenters. The van der Waals surface area contributed by atoms with Gasteiger partial charge in [0.1, 0.15) is 19.3 Å². The minimum absolute atomic E-state index is 0.681. The molecule has 0 fully saturated rings. The molecule has 3 heteroatoms. The summed E-state index contributed by atoms with van der Waals surface area (Å²) in [6, 6.07) is 18.2. The number of aliphatic hydroxyl groups is 1. The van der Waals surface area contributed by atoms with Gasteiger partial charge in [-0.15, -0.1) is 6.58 Å². The first-order valence-corrected chi connectivity index (χ1v) is 14.1. The first kappa shape index (κ1) is 28.8. The zero-order valence-corrected chi connectivity index (χ0v) is 23.1. The quantitative estimate of drug-likeness (QED) is 0.121. The van der Waals surface area contributed by atoms with Crippen molar-refractivity contribution in [2.45, 2.75) is 90.5 Å². The molecule has 1 N–H and O–H groups in total. The topological polar surface area (TPSA) is 29.5 Å². The molecule has 4 rings (SSSR count). The molecule has 2 nitrogen and oxygen atoms in total. The van der Waals surface area contributed by atoms with Gasteiger partial charge in [0, 0.05) is 10.9 Å². The highest BCUT2D eigenvalue weighted by atomic mass is 16.5. The van der Waals surface area contributed by atoms with Gasteiger partial charge in [-0.05, 0) is 66.8 Å². The van der Waals surface area contributed by atoms with Gasteiger partial charge < -0.3 is 9.84 Å². The molecule has 0 bridgehead atoms. The Balaban J connectivity index is 0.000000886. The summed E-state index contributed by atoms with van der Waals surface area (Å²) in [5.41, 5.74) is 2.47. The lowest BCUT2D eigenvalue weighted by atomic mass is 9.73. The van der Waals surface area contributed by atoms with E-state index in [-0.39, 0.29) is 0 Å². The summed E-state index contributed by atoms with van der Waals surface area (Å²) >= 11 is 0. The van der Waals surface area contributed by atoms with Gasteiger partial charge in [-0.1, -0.05) is 107 Å². The highest BCUT2D eigenvalue weighted by molar-refractivity contribution is 6.16. The highest BCUT2D eigenvalue weighted by Crippen LogP contribution is 2.47. The Labute approximate surface area is 225 Å². The molecule has 0 spiro atoms.